The van der Waals surface area contributed by atoms with Gasteiger partial charge in [0.25, 0.3) is 0 Å². The monoisotopic (exact) mass is 240 g/mol. The summed E-state index contributed by atoms with van der Waals surface area (Å²) in [4.78, 5) is 4.09. The number of rotatable bonds is 6. The second kappa shape index (κ2) is 5.77. The minimum atomic E-state index is -3.52. The summed E-state index contributed by atoms with van der Waals surface area (Å²) < 4.78 is 22.7. The van der Waals surface area contributed by atoms with Crippen LogP contribution in [0.2, 0.25) is 0 Å². The third kappa shape index (κ3) is 4.12. The topological polar surface area (TPSA) is 73.0 Å². The van der Waals surface area contributed by atoms with E-state index >= 15 is 0 Å². The summed E-state index contributed by atoms with van der Waals surface area (Å²) in [5.74, 6) is 0. The number of hydrogen-bond acceptors (Lipinski definition) is 3. The van der Waals surface area contributed by atoms with E-state index in [1.165, 1.54) is 0 Å². The third-order valence-corrected chi connectivity index (χ3v) is 3.65. The molecule has 0 unspecified atom stereocenters. The van der Waals surface area contributed by atoms with Gasteiger partial charge in [0.15, 0.2) is 0 Å². The van der Waals surface area contributed by atoms with E-state index in [4.69, 9.17) is 5.14 Å². The predicted octanol–water partition coefficient (Wildman–Crippen LogP) is 1.25. The van der Waals surface area contributed by atoms with Gasteiger partial charge in [-0.05, 0) is 25.0 Å². The molecule has 2 N–H and O–H groups in total. The second-order valence-corrected chi connectivity index (χ2v) is 5.45. The van der Waals surface area contributed by atoms with Crippen molar-refractivity contribution in [2.45, 2.75) is 24.5 Å². The summed E-state index contributed by atoms with van der Waals surface area (Å²) in [6.07, 6.45) is 4.81. The summed E-state index contributed by atoms with van der Waals surface area (Å²) in [5, 5.41) is 4.60. The van der Waals surface area contributed by atoms with E-state index in [-0.39, 0.29) is 0 Å². The van der Waals surface area contributed by atoms with E-state index in [0.717, 1.165) is 5.69 Å². The van der Waals surface area contributed by atoms with Crippen LogP contribution in [0.25, 0.3) is 0 Å². The second-order valence-electron chi connectivity index (χ2n) is 3.60. The van der Waals surface area contributed by atoms with Gasteiger partial charge in [-0.3, -0.25) is 4.98 Å². The van der Waals surface area contributed by atoms with Crippen molar-refractivity contribution < 1.29 is 8.42 Å². The van der Waals surface area contributed by atoms with Crippen LogP contribution in [0, 0.1) is 0 Å². The Morgan fingerprint density at radius 2 is 2.25 bits per heavy atom. The first kappa shape index (κ1) is 12.9. The van der Waals surface area contributed by atoms with Gasteiger partial charge in [-0.25, -0.2) is 13.6 Å². The lowest BCUT2D eigenvalue weighted by Crippen LogP contribution is -2.30. The molecule has 0 amide bonds. The molecule has 0 aliphatic carbocycles. The molecule has 1 aromatic heterocycles. The summed E-state index contributed by atoms with van der Waals surface area (Å²) >= 11 is 0. The van der Waals surface area contributed by atoms with Crippen molar-refractivity contribution >= 4 is 10.0 Å². The van der Waals surface area contributed by atoms with E-state index in [1.807, 2.05) is 6.07 Å². The molecule has 0 bridgehead atoms. The maximum absolute atomic E-state index is 11.4. The van der Waals surface area contributed by atoms with Crippen LogP contribution in [0.5, 0.6) is 0 Å². The highest BCUT2D eigenvalue weighted by atomic mass is 32.2. The van der Waals surface area contributed by atoms with Gasteiger partial charge < -0.3 is 0 Å². The van der Waals surface area contributed by atoms with Crippen LogP contribution in [-0.2, 0) is 16.4 Å². The predicted molar refractivity (Wildman–Crippen MR) is 64.3 cm³/mol. The first-order chi connectivity index (χ1) is 7.54. The molecule has 0 aliphatic rings. The van der Waals surface area contributed by atoms with E-state index in [2.05, 4.69) is 11.6 Å². The van der Waals surface area contributed by atoms with Crippen LogP contribution in [0.15, 0.2) is 37.1 Å². The molecule has 0 fully saturated rings. The SMILES string of the molecule is C=CCC[C@@H](Cc1ccccn1)S(N)(=O)=O. The van der Waals surface area contributed by atoms with Gasteiger partial charge in [0, 0.05) is 18.3 Å². The molecule has 0 saturated carbocycles. The molecule has 0 saturated heterocycles. The highest BCUT2D eigenvalue weighted by Gasteiger charge is 2.21. The normalized spacial score (nSPS) is 13.3. The van der Waals surface area contributed by atoms with Crippen molar-refractivity contribution in [3.8, 4) is 0 Å². The van der Waals surface area contributed by atoms with E-state index in [1.54, 1.807) is 24.4 Å². The Hall–Kier alpha value is -1.20. The van der Waals surface area contributed by atoms with E-state index < -0.39 is 15.3 Å². The van der Waals surface area contributed by atoms with Crippen molar-refractivity contribution in [3.63, 3.8) is 0 Å². The fourth-order valence-corrected chi connectivity index (χ4v) is 2.31. The molecular weight excluding hydrogens is 224 g/mol. The Balaban J connectivity index is 2.75. The summed E-state index contributed by atoms with van der Waals surface area (Å²) in [6, 6.07) is 5.42. The van der Waals surface area contributed by atoms with Crippen molar-refractivity contribution in [2.24, 2.45) is 5.14 Å². The van der Waals surface area contributed by atoms with Gasteiger partial charge in [0.2, 0.25) is 10.0 Å². The Morgan fingerprint density at radius 1 is 1.50 bits per heavy atom. The first-order valence-corrected chi connectivity index (χ1v) is 6.67. The summed E-state index contributed by atoms with van der Waals surface area (Å²) in [7, 11) is -3.52. The molecule has 1 rings (SSSR count). The minimum Gasteiger partial charge on any atom is -0.261 e. The smallest absolute Gasteiger partial charge is 0.212 e. The van der Waals surface area contributed by atoms with Crippen LogP contribution < -0.4 is 5.14 Å². The zero-order chi connectivity index (χ0) is 12.0. The molecule has 0 spiro atoms. The Kier molecular flexibility index (Phi) is 4.64. The maximum Gasteiger partial charge on any atom is 0.212 e. The van der Waals surface area contributed by atoms with Crippen LogP contribution >= 0.6 is 0 Å². The highest BCUT2D eigenvalue weighted by molar-refractivity contribution is 7.89. The minimum absolute atomic E-state index is 0.355. The molecule has 1 heterocycles. The fraction of sp³-hybridized carbons (Fsp3) is 0.364. The molecule has 88 valence electrons. The number of nitrogens with two attached hydrogens (primary N) is 1. The first-order valence-electron chi connectivity index (χ1n) is 5.06. The standard InChI is InChI=1S/C11H16N2O2S/c1-2-3-7-11(16(12,14)15)9-10-6-4-5-8-13-10/h2,4-6,8,11H,1,3,7,9H2,(H2,12,14,15)/t11-/m0/s1. The van der Waals surface area contributed by atoms with Gasteiger partial charge in [-0.15, -0.1) is 6.58 Å². The fourth-order valence-electron chi connectivity index (χ4n) is 1.44. The largest absolute Gasteiger partial charge is 0.261 e. The van der Waals surface area contributed by atoms with Gasteiger partial charge >= 0.3 is 0 Å². The molecule has 1 aromatic rings. The lowest BCUT2D eigenvalue weighted by Gasteiger charge is -2.12. The lowest BCUT2D eigenvalue weighted by atomic mass is 10.1. The van der Waals surface area contributed by atoms with Gasteiger partial charge in [-0.1, -0.05) is 12.1 Å². The zero-order valence-electron chi connectivity index (χ0n) is 9.04. The van der Waals surface area contributed by atoms with Crippen LogP contribution in [0.1, 0.15) is 18.5 Å². The molecule has 1 atom stereocenters. The number of nitrogens with zero attached hydrogens (tertiary/aromatic N) is 1. The van der Waals surface area contributed by atoms with Crippen LogP contribution in [0.3, 0.4) is 0 Å². The number of primary sulfonamides is 1. The molecular formula is C11H16N2O2S. The average Bonchev–Trinajstić information content (AvgIpc) is 2.24. The Bertz CT molecular complexity index is 429. The number of hydrogen-bond donors (Lipinski definition) is 1. The number of allylic oxidation sites excluding steroid dienone is 1. The molecule has 4 nitrogen and oxygen atoms in total. The molecule has 0 aliphatic heterocycles. The van der Waals surface area contributed by atoms with Crippen molar-refractivity contribution in [2.75, 3.05) is 0 Å². The molecule has 0 aromatic carbocycles. The molecule has 0 radical (unpaired) electrons. The van der Waals surface area contributed by atoms with Gasteiger partial charge in [0.05, 0.1) is 5.25 Å². The zero-order valence-corrected chi connectivity index (χ0v) is 9.86. The van der Waals surface area contributed by atoms with Crippen LogP contribution in [0.4, 0.5) is 0 Å². The maximum atomic E-state index is 11.4. The number of aromatic nitrogens is 1. The van der Waals surface area contributed by atoms with Gasteiger partial charge in [0.1, 0.15) is 0 Å². The average molecular weight is 240 g/mol. The Labute approximate surface area is 96.3 Å². The van der Waals surface area contributed by atoms with Crippen LogP contribution in [-0.4, -0.2) is 18.7 Å². The Morgan fingerprint density at radius 3 is 2.75 bits per heavy atom. The highest BCUT2D eigenvalue weighted by Crippen LogP contribution is 2.11. The van der Waals surface area contributed by atoms with Crippen molar-refractivity contribution in [3.05, 3.63) is 42.7 Å². The molecule has 16 heavy (non-hydrogen) atoms. The summed E-state index contributed by atoms with van der Waals surface area (Å²) in [6.45, 7) is 3.57. The quantitative estimate of drug-likeness (QED) is 0.760. The number of sulfonamides is 1. The number of pyridine rings is 1. The molecule has 5 heteroatoms. The van der Waals surface area contributed by atoms with E-state index in [0.29, 0.717) is 19.3 Å². The van der Waals surface area contributed by atoms with E-state index in [9.17, 15) is 8.42 Å². The van der Waals surface area contributed by atoms with Crippen molar-refractivity contribution in [1.82, 2.24) is 4.98 Å². The van der Waals surface area contributed by atoms with Crippen molar-refractivity contribution in [1.29, 1.82) is 0 Å². The lowest BCUT2D eigenvalue weighted by molar-refractivity contribution is 0.570. The third-order valence-electron chi connectivity index (χ3n) is 2.32. The van der Waals surface area contributed by atoms with Gasteiger partial charge in [-0.2, -0.15) is 0 Å². The summed E-state index contributed by atoms with van der Waals surface area (Å²) in [5.41, 5.74) is 0.741.